The predicted octanol–water partition coefficient (Wildman–Crippen LogP) is 3.84. The minimum Gasteiger partial charge on any atom is -0.491 e. The molecule has 1 heterocycles. The van der Waals surface area contributed by atoms with Gasteiger partial charge >= 0.3 is 0 Å². The molecule has 0 aliphatic carbocycles. The Morgan fingerprint density at radius 1 is 0.966 bits per heavy atom. The summed E-state index contributed by atoms with van der Waals surface area (Å²) in [5.74, 6) is 1.22. The molecule has 1 saturated heterocycles. The van der Waals surface area contributed by atoms with E-state index in [1.54, 1.807) is 55.6 Å². The van der Waals surface area contributed by atoms with Gasteiger partial charge in [-0.15, -0.1) is 0 Å². The Labute approximate surface area is 171 Å². The fraction of sp³-hybridized carbons (Fsp3) is 0.391. The molecule has 0 aromatic heterocycles. The number of nitrogens with zero attached hydrogens (tertiary/aromatic N) is 1. The first kappa shape index (κ1) is 20.9. The van der Waals surface area contributed by atoms with Crippen LogP contribution in [0.2, 0.25) is 0 Å². The van der Waals surface area contributed by atoms with Crippen molar-refractivity contribution in [2.24, 2.45) is 5.92 Å². The molecule has 2 aromatic carbocycles. The van der Waals surface area contributed by atoms with Crippen LogP contribution in [0.25, 0.3) is 0 Å². The lowest BCUT2D eigenvalue weighted by atomic mass is 9.98. The average Bonchev–Trinajstić information content (AvgIpc) is 2.75. The summed E-state index contributed by atoms with van der Waals surface area (Å²) in [5.41, 5.74) is 1.83. The van der Waals surface area contributed by atoms with Gasteiger partial charge in [0.25, 0.3) is 11.8 Å². The lowest BCUT2D eigenvalue weighted by Gasteiger charge is -2.30. The van der Waals surface area contributed by atoms with Crippen molar-refractivity contribution in [2.45, 2.75) is 19.8 Å². The van der Waals surface area contributed by atoms with E-state index in [-0.39, 0.29) is 11.8 Å². The van der Waals surface area contributed by atoms with Crippen molar-refractivity contribution in [3.63, 3.8) is 0 Å². The molecule has 0 atom stereocenters. The minimum absolute atomic E-state index is 0.0545. The Bertz CT molecular complexity index is 810. The van der Waals surface area contributed by atoms with Gasteiger partial charge in [-0.25, -0.2) is 0 Å². The van der Waals surface area contributed by atoms with E-state index >= 15 is 0 Å². The third-order valence-corrected chi connectivity index (χ3v) is 5.13. The molecule has 1 fully saturated rings. The Balaban J connectivity index is 1.55. The number of amides is 2. The summed E-state index contributed by atoms with van der Waals surface area (Å²) in [6.07, 6.45) is 2.10. The molecule has 2 amide bonds. The molecule has 1 aliphatic heterocycles. The fourth-order valence-electron chi connectivity index (χ4n) is 3.24. The second-order valence-electron chi connectivity index (χ2n) is 7.37. The van der Waals surface area contributed by atoms with Crippen LogP contribution in [0.1, 0.15) is 40.5 Å². The van der Waals surface area contributed by atoms with Crippen molar-refractivity contribution in [1.29, 1.82) is 0 Å². The third-order valence-electron chi connectivity index (χ3n) is 5.13. The van der Waals surface area contributed by atoms with E-state index in [0.29, 0.717) is 41.7 Å². The van der Waals surface area contributed by atoms with Gasteiger partial charge in [0.05, 0.1) is 6.61 Å². The minimum atomic E-state index is -0.211. The van der Waals surface area contributed by atoms with E-state index in [9.17, 15) is 9.59 Å². The number of carbonyl (C=O) groups is 2. The van der Waals surface area contributed by atoms with E-state index in [1.807, 2.05) is 4.90 Å². The number of carbonyl (C=O) groups excluding carboxylic acids is 2. The Hall–Kier alpha value is -2.86. The highest BCUT2D eigenvalue weighted by Gasteiger charge is 2.21. The lowest BCUT2D eigenvalue weighted by Crippen LogP contribution is -2.37. The maximum absolute atomic E-state index is 12.6. The number of piperidine rings is 1. The number of rotatable bonds is 7. The summed E-state index contributed by atoms with van der Waals surface area (Å²) in [7, 11) is 1.62. The predicted molar refractivity (Wildman–Crippen MR) is 113 cm³/mol. The molecular weight excluding hydrogens is 368 g/mol. The highest BCUT2D eigenvalue weighted by atomic mass is 16.5. The van der Waals surface area contributed by atoms with Crippen molar-refractivity contribution in [3.8, 4) is 5.75 Å². The van der Waals surface area contributed by atoms with Crippen molar-refractivity contribution in [1.82, 2.24) is 4.90 Å². The van der Waals surface area contributed by atoms with Gasteiger partial charge < -0.3 is 19.7 Å². The standard InChI is InChI=1S/C23H28N2O4/c1-17-11-13-25(14-12-17)23(27)19-3-7-20(8-4-19)24-22(26)18-5-9-21(10-6-18)29-16-15-28-2/h3-10,17H,11-16H2,1-2H3,(H,24,26). The number of anilines is 1. The summed E-state index contributed by atoms with van der Waals surface area (Å²) >= 11 is 0. The summed E-state index contributed by atoms with van der Waals surface area (Å²) in [6, 6.07) is 14.0. The number of benzene rings is 2. The van der Waals surface area contributed by atoms with Gasteiger partial charge in [0.2, 0.25) is 0 Å². The fourth-order valence-corrected chi connectivity index (χ4v) is 3.24. The second kappa shape index (κ2) is 10.1. The van der Waals surface area contributed by atoms with Crippen LogP contribution >= 0.6 is 0 Å². The van der Waals surface area contributed by atoms with Gasteiger partial charge in [-0.05, 0) is 67.3 Å². The smallest absolute Gasteiger partial charge is 0.255 e. The van der Waals surface area contributed by atoms with Gasteiger partial charge in [-0.3, -0.25) is 9.59 Å². The molecule has 1 N–H and O–H groups in total. The van der Waals surface area contributed by atoms with E-state index in [1.165, 1.54) is 0 Å². The topological polar surface area (TPSA) is 67.9 Å². The lowest BCUT2D eigenvalue weighted by molar-refractivity contribution is 0.0697. The summed E-state index contributed by atoms with van der Waals surface area (Å²) in [6.45, 7) is 4.82. The van der Waals surface area contributed by atoms with Crippen LogP contribution in [0.4, 0.5) is 5.69 Å². The normalized spacial score (nSPS) is 14.5. The number of nitrogens with one attached hydrogen (secondary N) is 1. The third kappa shape index (κ3) is 5.81. The van der Waals surface area contributed by atoms with Gasteiger partial charge in [-0.1, -0.05) is 6.92 Å². The largest absolute Gasteiger partial charge is 0.491 e. The van der Waals surface area contributed by atoms with Crippen molar-refractivity contribution >= 4 is 17.5 Å². The van der Waals surface area contributed by atoms with Crippen LogP contribution in [0.5, 0.6) is 5.75 Å². The Morgan fingerprint density at radius 2 is 1.59 bits per heavy atom. The highest BCUT2D eigenvalue weighted by molar-refractivity contribution is 6.04. The molecular formula is C23H28N2O4. The van der Waals surface area contributed by atoms with Crippen molar-refractivity contribution in [3.05, 3.63) is 59.7 Å². The molecule has 0 unspecified atom stereocenters. The molecule has 6 nitrogen and oxygen atoms in total. The van der Waals surface area contributed by atoms with Crippen LogP contribution < -0.4 is 10.1 Å². The number of methoxy groups -OCH3 is 1. The monoisotopic (exact) mass is 396 g/mol. The van der Waals surface area contributed by atoms with E-state index in [2.05, 4.69) is 12.2 Å². The molecule has 0 radical (unpaired) electrons. The van der Waals surface area contributed by atoms with Gasteiger partial charge in [0.15, 0.2) is 0 Å². The molecule has 3 rings (SSSR count). The average molecular weight is 396 g/mol. The van der Waals surface area contributed by atoms with E-state index < -0.39 is 0 Å². The summed E-state index contributed by atoms with van der Waals surface area (Å²) in [5, 5.41) is 2.86. The van der Waals surface area contributed by atoms with Crippen molar-refractivity contribution < 1.29 is 19.1 Å². The number of hydrogen-bond donors (Lipinski definition) is 1. The highest BCUT2D eigenvalue weighted by Crippen LogP contribution is 2.20. The molecule has 1 aliphatic rings. The maximum atomic E-state index is 12.6. The van der Waals surface area contributed by atoms with Gasteiger partial charge in [0.1, 0.15) is 12.4 Å². The zero-order valence-corrected chi connectivity index (χ0v) is 17.0. The zero-order valence-electron chi connectivity index (χ0n) is 17.0. The summed E-state index contributed by atoms with van der Waals surface area (Å²) < 4.78 is 10.4. The Kier molecular flexibility index (Phi) is 7.25. The molecule has 0 bridgehead atoms. The zero-order chi connectivity index (χ0) is 20.6. The maximum Gasteiger partial charge on any atom is 0.255 e. The van der Waals surface area contributed by atoms with Crippen LogP contribution in [0, 0.1) is 5.92 Å². The molecule has 0 saturated carbocycles. The SMILES string of the molecule is COCCOc1ccc(C(=O)Nc2ccc(C(=O)N3CCC(C)CC3)cc2)cc1. The second-order valence-corrected chi connectivity index (χ2v) is 7.37. The number of likely N-dealkylation sites (tertiary alicyclic amines) is 1. The number of ether oxygens (including phenoxy) is 2. The summed E-state index contributed by atoms with van der Waals surface area (Å²) in [4.78, 5) is 26.9. The molecule has 0 spiro atoms. The van der Waals surface area contributed by atoms with Crippen molar-refractivity contribution in [2.75, 3.05) is 38.7 Å². The van der Waals surface area contributed by atoms with Crippen LogP contribution in [0.3, 0.4) is 0 Å². The molecule has 154 valence electrons. The molecule has 29 heavy (non-hydrogen) atoms. The van der Waals surface area contributed by atoms with Crippen LogP contribution in [-0.4, -0.2) is 50.1 Å². The van der Waals surface area contributed by atoms with E-state index in [0.717, 1.165) is 25.9 Å². The Morgan fingerprint density at radius 3 is 2.21 bits per heavy atom. The quantitative estimate of drug-likeness (QED) is 0.722. The van der Waals surface area contributed by atoms with Crippen LogP contribution in [-0.2, 0) is 4.74 Å². The van der Waals surface area contributed by atoms with E-state index in [4.69, 9.17) is 9.47 Å². The van der Waals surface area contributed by atoms with Gasteiger partial charge in [-0.2, -0.15) is 0 Å². The first-order chi connectivity index (χ1) is 14.1. The first-order valence-electron chi connectivity index (χ1n) is 9.99. The first-order valence-corrected chi connectivity index (χ1v) is 9.99. The molecule has 6 heteroatoms. The number of hydrogen-bond acceptors (Lipinski definition) is 4. The molecule has 2 aromatic rings. The van der Waals surface area contributed by atoms with Crippen LogP contribution in [0.15, 0.2) is 48.5 Å². The van der Waals surface area contributed by atoms with Gasteiger partial charge in [0, 0.05) is 37.0 Å².